The largest absolute Gasteiger partial charge is 0.481 e. The predicted molar refractivity (Wildman–Crippen MR) is 65.3 cm³/mol. The number of carboxylic acids is 1. The summed E-state index contributed by atoms with van der Waals surface area (Å²) in [6, 6.07) is 0. The number of aliphatic carboxylic acids is 1. The summed E-state index contributed by atoms with van der Waals surface area (Å²) in [5.41, 5.74) is -0.217. The maximum absolute atomic E-state index is 11.4. The standard InChI is InChI=1S/C12H18O3S/c1-7(2)16-9(13)6-5-8-10(11(14)15)12(8,3)4/h5-8,10H,1-4H3,(H,14,15). The summed E-state index contributed by atoms with van der Waals surface area (Å²) in [6.45, 7) is 7.75. The molecular weight excluding hydrogens is 224 g/mol. The summed E-state index contributed by atoms with van der Waals surface area (Å²) >= 11 is 1.26. The summed E-state index contributed by atoms with van der Waals surface area (Å²) in [6.07, 6.45) is 3.26. The Morgan fingerprint density at radius 3 is 2.31 bits per heavy atom. The van der Waals surface area contributed by atoms with Crippen LogP contribution >= 0.6 is 11.8 Å². The minimum atomic E-state index is -0.774. The second-order valence-corrected chi connectivity index (χ2v) is 6.59. The van der Waals surface area contributed by atoms with Gasteiger partial charge in [-0.25, -0.2) is 0 Å². The Bertz CT molecular complexity index is 331. The Morgan fingerprint density at radius 2 is 1.94 bits per heavy atom. The first-order valence-corrected chi connectivity index (χ1v) is 6.26. The van der Waals surface area contributed by atoms with E-state index >= 15 is 0 Å². The van der Waals surface area contributed by atoms with Crippen LogP contribution in [0, 0.1) is 17.3 Å². The molecule has 90 valence electrons. The van der Waals surface area contributed by atoms with Crippen LogP contribution in [0.15, 0.2) is 12.2 Å². The molecule has 1 fully saturated rings. The van der Waals surface area contributed by atoms with Gasteiger partial charge < -0.3 is 5.11 Å². The molecule has 16 heavy (non-hydrogen) atoms. The zero-order valence-corrected chi connectivity index (χ0v) is 10.9. The van der Waals surface area contributed by atoms with E-state index in [2.05, 4.69) is 0 Å². The van der Waals surface area contributed by atoms with Gasteiger partial charge in [-0.15, -0.1) is 0 Å². The van der Waals surface area contributed by atoms with Gasteiger partial charge in [0.25, 0.3) is 0 Å². The number of hydrogen-bond donors (Lipinski definition) is 1. The first-order chi connectivity index (χ1) is 7.26. The maximum atomic E-state index is 11.4. The van der Waals surface area contributed by atoms with Crippen molar-refractivity contribution < 1.29 is 14.7 Å². The van der Waals surface area contributed by atoms with Gasteiger partial charge in [0, 0.05) is 5.25 Å². The van der Waals surface area contributed by atoms with Crippen molar-refractivity contribution >= 4 is 22.8 Å². The highest BCUT2D eigenvalue weighted by Crippen LogP contribution is 2.59. The number of hydrogen-bond acceptors (Lipinski definition) is 3. The van der Waals surface area contributed by atoms with Crippen LogP contribution in [0.2, 0.25) is 0 Å². The molecule has 0 aliphatic heterocycles. The average Bonchev–Trinajstić information content (AvgIpc) is 2.63. The molecule has 1 saturated carbocycles. The Balaban J connectivity index is 2.54. The van der Waals surface area contributed by atoms with Gasteiger partial charge in [-0.2, -0.15) is 0 Å². The highest BCUT2D eigenvalue weighted by atomic mass is 32.2. The molecule has 0 aromatic carbocycles. The smallest absolute Gasteiger partial charge is 0.307 e. The van der Waals surface area contributed by atoms with Crippen LogP contribution in [0.5, 0.6) is 0 Å². The number of carbonyl (C=O) groups excluding carboxylic acids is 1. The van der Waals surface area contributed by atoms with Crippen LogP contribution in [-0.4, -0.2) is 21.4 Å². The maximum Gasteiger partial charge on any atom is 0.307 e. The molecule has 1 aliphatic rings. The molecule has 4 heteroatoms. The number of rotatable bonds is 4. The fourth-order valence-electron chi connectivity index (χ4n) is 1.96. The molecule has 2 unspecified atom stereocenters. The van der Waals surface area contributed by atoms with Gasteiger partial charge in [-0.3, -0.25) is 9.59 Å². The van der Waals surface area contributed by atoms with Gasteiger partial charge in [0.2, 0.25) is 5.12 Å². The second kappa shape index (κ2) is 4.62. The van der Waals surface area contributed by atoms with Crippen molar-refractivity contribution in [2.75, 3.05) is 0 Å². The minimum Gasteiger partial charge on any atom is -0.481 e. The molecule has 0 bridgehead atoms. The summed E-state index contributed by atoms with van der Waals surface area (Å²) in [5, 5.41) is 9.21. The average molecular weight is 242 g/mol. The Kier molecular flexibility index (Phi) is 3.84. The first kappa shape index (κ1) is 13.3. The molecule has 2 atom stereocenters. The quantitative estimate of drug-likeness (QED) is 0.770. The van der Waals surface area contributed by atoms with E-state index in [1.54, 1.807) is 6.08 Å². The van der Waals surface area contributed by atoms with Gasteiger partial charge in [-0.1, -0.05) is 45.5 Å². The number of thioether (sulfide) groups is 1. The Labute approximate surface area is 100 Å². The first-order valence-electron chi connectivity index (χ1n) is 5.38. The predicted octanol–water partition coefficient (Wildman–Crippen LogP) is 2.57. The lowest BCUT2D eigenvalue weighted by molar-refractivity contribution is -0.139. The third-order valence-electron chi connectivity index (χ3n) is 2.97. The molecule has 0 saturated heterocycles. The van der Waals surface area contributed by atoms with Crippen LogP contribution in [0.25, 0.3) is 0 Å². The normalized spacial score (nSPS) is 27.3. The van der Waals surface area contributed by atoms with Crippen LogP contribution in [0.1, 0.15) is 27.7 Å². The highest BCUT2D eigenvalue weighted by Gasteiger charge is 2.60. The van der Waals surface area contributed by atoms with Gasteiger partial charge in [0.05, 0.1) is 5.92 Å². The van der Waals surface area contributed by atoms with E-state index in [9.17, 15) is 9.59 Å². The minimum absolute atomic E-state index is 0.00170. The summed E-state index contributed by atoms with van der Waals surface area (Å²) in [7, 11) is 0. The van der Waals surface area contributed by atoms with E-state index < -0.39 is 5.97 Å². The second-order valence-electron chi connectivity index (χ2n) is 5.01. The topological polar surface area (TPSA) is 54.4 Å². The van der Waals surface area contributed by atoms with Crippen LogP contribution in [0.3, 0.4) is 0 Å². The van der Waals surface area contributed by atoms with Crippen molar-refractivity contribution in [2.24, 2.45) is 17.3 Å². The lowest BCUT2D eigenvalue weighted by atomic mass is 10.1. The van der Waals surface area contributed by atoms with Gasteiger partial charge in [0.1, 0.15) is 0 Å². The Hall–Kier alpha value is -0.770. The van der Waals surface area contributed by atoms with Gasteiger partial charge >= 0.3 is 5.97 Å². The van der Waals surface area contributed by atoms with Crippen LogP contribution in [0.4, 0.5) is 0 Å². The van der Waals surface area contributed by atoms with E-state index in [1.807, 2.05) is 27.7 Å². The van der Waals surface area contributed by atoms with E-state index in [4.69, 9.17) is 5.11 Å². The highest BCUT2D eigenvalue weighted by molar-refractivity contribution is 8.14. The van der Waals surface area contributed by atoms with Crippen molar-refractivity contribution in [3.63, 3.8) is 0 Å². The SMILES string of the molecule is CC(C)SC(=O)C=CC1C(C(=O)O)C1(C)C. The van der Waals surface area contributed by atoms with Crippen molar-refractivity contribution in [1.82, 2.24) is 0 Å². The molecular formula is C12H18O3S. The van der Waals surface area contributed by atoms with Crippen molar-refractivity contribution in [3.8, 4) is 0 Å². The summed E-state index contributed by atoms with van der Waals surface area (Å²) in [5.74, 6) is -1.13. The van der Waals surface area contributed by atoms with Crippen molar-refractivity contribution in [2.45, 2.75) is 32.9 Å². The number of carboxylic acid groups (broad SMARTS) is 1. The summed E-state index contributed by atoms with van der Waals surface area (Å²) < 4.78 is 0. The third-order valence-corrected chi connectivity index (χ3v) is 3.81. The monoisotopic (exact) mass is 242 g/mol. The van der Waals surface area contributed by atoms with Crippen molar-refractivity contribution in [3.05, 3.63) is 12.2 Å². The lowest BCUT2D eigenvalue weighted by Gasteiger charge is -1.98. The molecule has 0 spiro atoms. The van der Waals surface area contributed by atoms with E-state index in [0.717, 1.165) is 0 Å². The molecule has 1 N–H and O–H groups in total. The van der Waals surface area contributed by atoms with Crippen molar-refractivity contribution in [1.29, 1.82) is 0 Å². The van der Waals surface area contributed by atoms with Crippen LogP contribution < -0.4 is 0 Å². The number of carbonyl (C=O) groups is 2. The molecule has 0 amide bonds. The number of allylic oxidation sites excluding steroid dienone is 1. The zero-order valence-electron chi connectivity index (χ0n) is 10.1. The fraction of sp³-hybridized carbons (Fsp3) is 0.667. The summed E-state index contributed by atoms with van der Waals surface area (Å²) in [4.78, 5) is 22.3. The van der Waals surface area contributed by atoms with E-state index in [-0.39, 0.29) is 27.6 Å². The molecule has 1 rings (SSSR count). The molecule has 0 radical (unpaired) electrons. The Morgan fingerprint density at radius 1 is 1.38 bits per heavy atom. The van der Waals surface area contributed by atoms with E-state index in [1.165, 1.54) is 17.8 Å². The molecule has 0 aromatic rings. The third kappa shape index (κ3) is 2.88. The molecule has 0 aromatic heterocycles. The van der Waals surface area contributed by atoms with E-state index in [0.29, 0.717) is 0 Å². The fourth-order valence-corrected chi connectivity index (χ4v) is 2.58. The van der Waals surface area contributed by atoms with Gasteiger partial charge in [-0.05, 0) is 17.4 Å². The van der Waals surface area contributed by atoms with Crippen LogP contribution in [-0.2, 0) is 9.59 Å². The molecule has 0 heterocycles. The molecule has 1 aliphatic carbocycles. The zero-order chi connectivity index (χ0) is 12.5. The molecule has 3 nitrogen and oxygen atoms in total. The van der Waals surface area contributed by atoms with Gasteiger partial charge in [0.15, 0.2) is 0 Å². The lowest BCUT2D eigenvalue weighted by Crippen LogP contribution is -2.03.